The maximum absolute atomic E-state index is 13.4. The molecule has 3 fully saturated rings. The van der Waals surface area contributed by atoms with E-state index in [4.69, 9.17) is 4.74 Å². The van der Waals surface area contributed by atoms with E-state index < -0.39 is 11.0 Å². The summed E-state index contributed by atoms with van der Waals surface area (Å²) in [4.78, 5) is 42.9. The van der Waals surface area contributed by atoms with Crippen molar-refractivity contribution in [3.05, 3.63) is 58.5 Å². The molecule has 1 N–H and O–H groups in total. The Morgan fingerprint density at radius 1 is 1.08 bits per heavy atom. The fraction of sp³-hybridized carbons (Fsp3) is 0.567. The van der Waals surface area contributed by atoms with E-state index in [0.29, 0.717) is 30.6 Å². The third-order valence-corrected chi connectivity index (χ3v) is 8.96. The number of rotatable bonds is 7. The van der Waals surface area contributed by atoms with Crippen molar-refractivity contribution in [2.45, 2.75) is 69.6 Å². The van der Waals surface area contributed by atoms with Crippen molar-refractivity contribution in [2.75, 3.05) is 33.8 Å². The first-order valence-corrected chi connectivity index (χ1v) is 13.8. The Kier molecular flexibility index (Phi) is 7.47. The topological polar surface area (TPSA) is 92.1 Å². The second-order valence-electron chi connectivity index (χ2n) is 11.6. The van der Waals surface area contributed by atoms with Crippen molar-refractivity contribution in [1.29, 1.82) is 0 Å². The fourth-order valence-corrected chi connectivity index (χ4v) is 6.38. The third kappa shape index (κ3) is 5.04. The highest BCUT2D eigenvalue weighted by atomic mass is 16.5. The molecule has 8 heteroatoms. The number of benzene rings is 1. The number of likely N-dealkylation sites (tertiary alicyclic amines) is 1. The highest BCUT2D eigenvalue weighted by Gasteiger charge is 2.55. The number of hydrogen-bond acceptors (Lipinski definition) is 5. The van der Waals surface area contributed by atoms with Crippen LogP contribution < -0.4 is 5.56 Å². The minimum Gasteiger partial charge on any atom is -0.387 e. The molecule has 1 spiro atoms. The van der Waals surface area contributed by atoms with E-state index in [9.17, 15) is 19.5 Å². The lowest BCUT2D eigenvalue weighted by atomic mass is 9.65. The molecule has 2 amide bonds. The molecule has 2 aliphatic carbocycles. The Hall–Kier alpha value is -2.97. The van der Waals surface area contributed by atoms with Crippen LogP contribution in [-0.2, 0) is 16.1 Å². The first-order chi connectivity index (χ1) is 18.2. The Labute approximate surface area is 224 Å². The van der Waals surface area contributed by atoms with Crippen molar-refractivity contribution >= 4 is 11.8 Å². The van der Waals surface area contributed by atoms with Gasteiger partial charge in [-0.25, -0.2) is 0 Å². The molecule has 2 heterocycles. The summed E-state index contributed by atoms with van der Waals surface area (Å²) in [5.41, 5.74) is -0.102. The second kappa shape index (κ2) is 10.7. The van der Waals surface area contributed by atoms with Crippen LogP contribution in [0.3, 0.4) is 0 Å². The summed E-state index contributed by atoms with van der Waals surface area (Å²) >= 11 is 0. The summed E-state index contributed by atoms with van der Waals surface area (Å²) in [6.07, 6.45) is 8.96. The van der Waals surface area contributed by atoms with Gasteiger partial charge in [0.05, 0.1) is 23.8 Å². The maximum atomic E-state index is 13.4. The molecule has 38 heavy (non-hydrogen) atoms. The van der Waals surface area contributed by atoms with E-state index in [-0.39, 0.29) is 36.6 Å². The van der Waals surface area contributed by atoms with E-state index >= 15 is 0 Å². The molecule has 1 atom stereocenters. The number of piperidine rings is 1. The average Bonchev–Trinajstić information content (AvgIpc) is 3.36. The lowest BCUT2D eigenvalue weighted by Gasteiger charge is -2.52. The number of aliphatic hydroxyl groups is 1. The van der Waals surface area contributed by atoms with Gasteiger partial charge in [-0.1, -0.05) is 43.2 Å². The van der Waals surface area contributed by atoms with Gasteiger partial charge in [0.2, 0.25) is 5.91 Å². The van der Waals surface area contributed by atoms with Gasteiger partial charge in [0.25, 0.3) is 11.5 Å². The van der Waals surface area contributed by atoms with Crippen molar-refractivity contribution in [3.63, 3.8) is 0 Å². The van der Waals surface area contributed by atoms with Crippen molar-refractivity contribution in [2.24, 2.45) is 5.41 Å². The van der Waals surface area contributed by atoms with Gasteiger partial charge in [-0.3, -0.25) is 14.4 Å². The van der Waals surface area contributed by atoms with Crippen molar-refractivity contribution in [1.82, 2.24) is 14.4 Å². The number of carbonyl (C=O) groups excluding carboxylic acids is 2. The molecule has 1 saturated heterocycles. The van der Waals surface area contributed by atoms with Gasteiger partial charge >= 0.3 is 0 Å². The number of aromatic nitrogens is 1. The van der Waals surface area contributed by atoms with Gasteiger partial charge in [0.15, 0.2) is 0 Å². The number of ether oxygens (including phenoxy) is 1. The molecule has 2 saturated carbocycles. The SMILES string of the molecule is CN(C)C(=O)c1cn(CC2(O)CCN(C(=O)COC3CCC3)CC23CCCC3)c(=O)cc1-c1ccccc1. The molecule has 0 radical (unpaired) electrons. The standard InChI is InChI=1S/C30H39N3O5/c1-31(2)28(36)25-18-33(26(34)17-24(25)22-9-4-3-5-10-22)21-30(37)15-16-32(20-29(30)13-6-7-14-29)27(35)19-38-23-11-8-12-23/h3-5,9-10,17-18,23,37H,6-8,11-16,19-21H2,1-2H3. The molecule has 3 aliphatic rings. The predicted octanol–water partition coefficient (Wildman–Crippen LogP) is 3.31. The van der Waals surface area contributed by atoms with Crippen LogP contribution in [-0.4, -0.2) is 76.8 Å². The summed E-state index contributed by atoms with van der Waals surface area (Å²) in [6.45, 7) is 1.08. The van der Waals surface area contributed by atoms with Gasteiger partial charge in [-0.05, 0) is 44.1 Å². The molecular formula is C30H39N3O5. The Morgan fingerprint density at radius 3 is 2.42 bits per heavy atom. The number of carbonyl (C=O) groups is 2. The molecule has 1 unspecified atom stereocenters. The number of hydrogen-bond donors (Lipinski definition) is 1. The lowest BCUT2D eigenvalue weighted by molar-refractivity contribution is -0.165. The summed E-state index contributed by atoms with van der Waals surface area (Å²) in [5, 5.41) is 12.2. The highest BCUT2D eigenvalue weighted by Crippen LogP contribution is 2.51. The van der Waals surface area contributed by atoms with Crippen molar-refractivity contribution < 1.29 is 19.4 Å². The molecule has 204 valence electrons. The average molecular weight is 522 g/mol. The molecular weight excluding hydrogens is 482 g/mol. The van der Waals surface area contributed by atoms with Crippen molar-refractivity contribution in [3.8, 4) is 11.1 Å². The molecule has 2 aromatic rings. The Balaban J connectivity index is 1.43. The number of nitrogens with zero attached hydrogens (tertiary/aromatic N) is 3. The van der Waals surface area contributed by atoms with Crippen LogP contribution in [0.1, 0.15) is 61.7 Å². The number of amides is 2. The van der Waals surface area contributed by atoms with Gasteiger partial charge in [-0.2, -0.15) is 0 Å². The van der Waals surface area contributed by atoms with Gasteiger partial charge < -0.3 is 24.2 Å². The number of pyridine rings is 1. The second-order valence-corrected chi connectivity index (χ2v) is 11.6. The van der Waals surface area contributed by atoms with E-state index in [1.54, 1.807) is 20.3 Å². The maximum Gasteiger partial charge on any atom is 0.255 e. The minimum atomic E-state index is -1.16. The largest absolute Gasteiger partial charge is 0.387 e. The Bertz CT molecular complexity index is 1230. The molecule has 5 rings (SSSR count). The summed E-state index contributed by atoms with van der Waals surface area (Å²) in [7, 11) is 3.38. The van der Waals surface area contributed by atoms with Crippen LogP contribution in [0.15, 0.2) is 47.4 Å². The van der Waals surface area contributed by atoms with E-state index in [2.05, 4.69) is 0 Å². The van der Waals surface area contributed by atoms with Crippen LogP contribution in [0.5, 0.6) is 0 Å². The molecule has 1 aliphatic heterocycles. The highest BCUT2D eigenvalue weighted by molar-refractivity contribution is 6.00. The third-order valence-electron chi connectivity index (χ3n) is 8.96. The monoisotopic (exact) mass is 521 g/mol. The zero-order chi connectivity index (χ0) is 26.9. The first kappa shape index (κ1) is 26.6. The first-order valence-electron chi connectivity index (χ1n) is 13.8. The molecule has 1 aromatic heterocycles. The summed E-state index contributed by atoms with van der Waals surface area (Å²) in [5.74, 6) is -0.222. The fourth-order valence-electron chi connectivity index (χ4n) is 6.38. The minimum absolute atomic E-state index is 0.0199. The molecule has 1 aromatic carbocycles. The van der Waals surface area contributed by atoms with Crippen LogP contribution in [0.4, 0.5) is 0 Å². The van der Waals surface area contributed by atoms with Crippen LogP contribution in [0.2, 0.25) is 0 Å². The quantitative estimate of drug-likeness (QED) is 0.604. The zero-order valence-electron chi connectivity index (χ0n) is 22.5. The summed E-state index contributed by atoms with van der Waals surface area (Å²) in [6, 6.07) is 10.9. The van der Waals surface area contributed by atoms with E-state index in [0.717, 1.165) is 50.5 Å². The zero-order valence-corrected chi connectivity index (χ0v) is 22.5. The van der Waals surface area contributed by atoms with Crippen LogP contribution >= 0.6 is 0 Å². The van der Waals surface area contributed by atoms with E-state index in [1.165, 1.54) is 15.5 Å². The van der Waals surface area contributed by atoms with Gasteiger partial charge in [0, 0.05) is 50.4 Å². The smallest absolute Gasteiger partial charge is 0.255 e. The molecule has 8 nitrogen and oxygen atoms in total. The predicted molar refractivity (Wildman–Crippen MR) is 145 cm³/mol. The van der Waals surface area contributed by atoms with Gasteiger partial charge in [-0.15, -0.1) is 0 Å². The van der Waals surface area contributed by atoms with E-state index in [1.807, 2.05) is 35.2 Å². The lowest BCUT2D eigenvalue weighted by Crippen LogP contribution is -2.62. The summed E-state index contributed by atoms with van der Waals surface area (Å²) < 4.78 is 7.28. The van der Waals surface area contributed by atoms with Crippen LogP contribution in [0.25, 0.3) is 11.1 Å². The molecule has 0 bridgehead atoms. The normalized spacial score (nSPS) is 22.9. The van der Waals surface area contributed by atoms with Gasteiger partial charge in [0.1, 0.15) is 6.61 Å². The Morgan fingerprint density at radius 2 is 1.79 bits per heavy atom. The van der Waals surface area contributed by atoms with Crippen LogP contribution in [0, 0.1) is 5.41 Å².